The molecule has 0 aromatic heterocycles. The Bertz CT molecular complexity index is 863. The Morgan fingerprint density at radius 2 is 1.81 bits per heavy atom. The second-order valence-electron chi connectivity index (χ2n) is 5.62. The molecule has 0 N–H and O–H groups in total. The van der Waals surface area contributed by atoms with Crippen LogP contribution in [0.1, 0.15) is 45.7 Å². The van der Waals surface area contributed by atoms with E-state index in [1.165, 1.54) is 6.07 Å². The minimum absolute atomic E-state index is 0.165. The van der Waals surface area contributed by atoms with Crippen molar-refractivity contribution in [1.82, 2.24) is 0 Å². The van der Waals surface area contributed by atoms with Gasteiger partial charge in [-0.2, -0.15) is 0 Å². The average Bonchev–Trinajstić information content (AvgIpc) is 2.64. The maximum atomic E-state index is 12.5. The second-order valence-corrected chi connectivity index (χ2v) is 6.05. The van der Waals surface area contributed by atoms with Crippen LogP contribution in [0.2, 0.25) is 5.02 Å². The normalized spacial score (nSPS) is 10.4. The molecular weight excluding hydrogens is 358 g/mol. The number of hydrogen-bond donors (Lipinski definition) is 0. The molecule has 2 rings (SSSR count). The molecule has 0 amide bonds. The Morgan fingerprint density at radius 1 is 1.08 bits per heavy atom. The second kappa shape index (κ2) is 8.58. The van der Waals surface area contributed by atoms with Crippen LogP contribution >= 0.6 is 11.6 Å². The Kier molecular flexibility index (Phi) is 6.46. The number of nitro groups is 1. The number of carbonyl (C=O) groups excluding carboxylic acids is 2. The fourth-order valence-corrected chi connectivity index (χ4v) is 2.70. The zero-order chi connectivity index (χ0) is 19.3. The van der Waals surface area contributed by atoms with Crippen LogP contribution in [-0.2, 0) is 17.6 Å². The van der Waals surface area contributed by atoms with Crippen LogP contribution in [0.3, 0.4) is 0 Å². The van der Waals surface area contributed by atoms with E-state index in [0.29, 0.717) is 12.0 Å². The third-order valence-electron chi connectivity index (χ3n) is 3.97. The van der Waals surface area contributed by atoms with Gasteiger partial charge in [0.05, 0.1) is 4.92 Å². The predicted octanol–water partition coefficient (Wildman–Crippen LogP) is 4.41. The van der Waals surface area contributed by atoms with Gasteiger partial charge in [-0.1, -0.05) is 37.6 Å². The van der Waals surface area contributed by atoms with Gasteiger partial charge in [-0.15, -0.1) is 0 Å². The first kappa shape index (κ1) is 19.6. The van der Waals surface area contributed by atoms with Gasteiger partial charge in [0, 0.05) is 16.7 Å². The molecule has 0 unspecified atom stereocenters. The third kappa shape index (κ3) is 4.46. The van der Waals surface area contributed by atoms with Crippen molar-refractivity contribution >= 4 is 29.0 Å². The van der Waals surface area contributed by atoms with Crippen LogP contribution in [0.5, 0.6) is 0 Å². The van der Waals surface area contributed by atoms with E-state index >= 15 is 0 Å². The summed E-state index contributed by atoms with van der Waals surface area (Å²) in [7, 11) is 0. The van der Waals surface area contributed by atoms with Crippen LogP contribution in [0.4, 0.5) is 5.69 Å². The fraction of sp³-hybridized carbons (Fsp3) is 0.263. The Labute approximate surface area is 155 Å². The summed E-state index contributed by atoms with van der Waals surface area (Å²) in [6, 6.07) is 9.22. The average molecular weight is 376 g/mol. The molecule has 0 spiro atoms. The number of carbonyl (C=O) groups is 2. The molecule has 0 radical (unpaired) electrons. The van der Waals surface area contributed by atoms with E-state index in [1.54, 1.807) is 6.07 Å². The largest absolute Gasteiger partial charge is 0.454 e. The van der Waals surface area contributed by atoms with E-state index in [4.69, 9.17) is 16.3 Å². The Morgan fingerprint density at radius 3 is 2.42 bits per heavy atom. The first-order chi connectivity index (χ1) is 12.4. The highest BCUT2D eigenvalue weighted by Gasteiger charge is 2.23. The van der Waals surface area contributed by atoms with Crippen molar-refractivity contribution in [2.75, 3.05) is 6.61 Å². The molecule has 0 aliphatic rings. The first-order valence-corrected chi connectivity index (χ1v) is 8.51. The summed E-state index contributed by atoms with van der Waals surface area (Å²) in [6.07, 6.45) is 1.44. The summed E-state index contributed by atoms with van der Waals surface area (Å²) in [5, 5.41) is 11.2. The maximum absolute atomic E-state index is 12.5. The monoisotopic (exact) mass is 375 g/mol. The van der Waals surface area contributed by atoms with Crippen molar-refractivity contribution in [2.45, 2.75) is 26.7 Å². The van der Waals surface area contributed by atoms with Gasteiger partial charge in [-0.25, -0.2) is 4.79 Å². The summed E-state index contributed by atoms with van der Waals surface area (Å²) in [6.45, 7) is 3.41. The van der Waals surface area contributed by atoms with Crippen molar-refractivity contribution in [3.63, 3.8) is 0 Å². The molecular formula is C19H18ClNO5. The third-order valence-corrected chi connectivity index (χ3v) is 4.21. The number of nitro benzene ring substituents is 1. The summed E-state index contributed by atoms with van der Waals surface area (Å²) < 4.78 is 5.01. The summed E-state index contributed by atoms with van der Waals surface area (Å²) in [5.41, 5.74) is 1.65. The lowest BCUT2D eigenvalue weighted by Gasteiger charge is -2.10. The van der Waals surface area contributed by atoms with E-state index < -0.39 is 23.2 Å². The van der Waals surface area contributed by atoms with Gasteiger partial charge >= 0.3 is 5.97 Å². The number of Topliss-reactive ketones (excluding diaryl/α,β-unsaturated/α-hetero) is 1. The lowest BCUT2D eigenvalue weighted by molar-refractivity contribution is -0.385. The van der Waals surface area contributed by atoms with Crippen LogP contribution in [-0.4, -0.2) is 23.3 Å². The number of esters is 1. The van der Waals surface area contributed by atoms with Gasteiger partial charge in [-0.05, 0) is 42.2 Å². The van der Waals surface area contributed by atoms with Gasteiger partial charge in [0.15, 0.2) is 6.61 Å². The van der Waals surface area contributed by atoms with E-state index in [0.717, 1.165) is 29.7 Å². The minimum atomic E-state index is -0.961. The number of hydrogen-bond acceptors (Lipinski definition) is 5. The Balaban J connectivity index is 2.19. The van der Waals surface area contributed by atoms with Crippen molar-refractivity contribution in [2.24, 2.45) is 0 Å². The van der Waals surface area contributed by atoms with E-state index in [9.17, 15) is 19.7 Å². The SMILES string of the molecule is CCc1ccc(CC)c(C(=O)COC(=O)c2cc(Cl)ccc2[N+](=O)[O-])c1. The number of ether oxygens (including phenoxy) is 1. The number of nitrogens with zero attached hydrogens (tertiary/aromatic N) is 1. The topological polar surface area (TPSA) is 86.5 Å². The molecule has 2 aromatic carbocycles. The highest BCUT2D eigenvalue weighted by Crippen LogP contribution is 2.23. The number of halogens is 1. The highest BCUT2D eigenvalue weighted by molar-refractivity contribution is 6.31. The zero-order valence-corrected chi connectivity index (χ0v) is 15.2. The molecule has 0 atom stereocenters. The van der Waals surface area contributed by atoms with Crippen molar-refractivity contribution in [3.05, 3.63) is 73.8 Å². The van der Waals surface area contributed by atoms with Gasteiger partial charge in [0.2, 0.25) is 5.78 Å². The predicted molar refractivity (Wildman–Crippen MR) is 97.9 cm³/mol. The number of rotatable bonds is 7. The van der Waals surface area contributed by atoms with Crippen LogP contribution in [0, 0.1) is 10.1 Å². The molecule has 0 aliphatic heterocycles. The van der Waals surface area contributed by atoms with Gasteiger partial charge in [-0.3, -0.25) is 14.9 Å². The van der Waals surface area contributed by atoms with Crippen molar-refractivity contribution < 1.29 is 19.2 Å². The zero-order valence-electron chi connectivity index (χ0n) is 14.5. The van der Waals surface area contributed by atoms with Crippen LogP contribution < -0.4 is 0 Å². The molecule has 2 aromatic rings. The Hall–Kier alpha value is -2.73. The molecule has 26 heavy (non-hydrogen) atoms. The molecule has 0 aliphatic carbocycles. The molecule has 0 bridgehead atoms. The minimum Gasteiger partial charge on any atom is -0.454 e. The standard InChI is InChI=1S/C19H18ClNO5/c1-3-12-5-6-13(4-2)15(9-12)18(22)11-26-19(23)16-10-14(20)7-8-17(16)21(24)25/h5-10H,3-4,11H2,1-2H3. The van der Waals surface area contributed by atoms with Crippen molar-refractivity contribution in [3.8, 4) is 0 Å². The summed E-state index contributed by atoms with van der Waals surface area (Å²) in [5.74, 6) is -1.31. The number of benzene rings is 2. The fourth-order valence-electron chi connectivity index (χ4n) is 2.53. The smallest absolute Gasteiger partial charge is 0.345 e. The molecule has 0 saturated carbocycles. The highest BCUT2D eigenvalue weighted by atomic mass is 35.5. The summed E-state index contributed by atoms with van der Waals surface area (Å²) >= 11 is 5.80. The van der Waals surface area contributed by atoms with Gasteiger partial charge < -0.3 is 4.74 Å². The molecule has 0 fully saturated rings. The number of aryl methyl sites for hydroxylation is 2. The molecule has 7 heteroatoms. The van der Waals surface area contributed by atoms with Crippen molar-refractivity contribution in [1.29, 1.82) is 0 Å². The van der Waals surface area contributed by atoms with E-state index in [-0.39, 0.29) is 16.4 Å². The van der Waals surface area contributed by atoms with E-state index in [1.807, 2.05) is 26.0 Å². The molecule has 136 valence electrons. The molecule has 0 heterocycles. The lowest BCUT2D eigenvalue weighted by atomic mass is 9.98. The lowest BCUT2D eigenvalue weighted by Crippen LogP contribution is -2.17. The summed E-state index contributed by atoms with van der Waals surface area (Å²) in [4.78, 5) is 35.0. The van der Waals surface area contributed by atoms with E-state index in [2.05, 4.69) is 0 Å². The van der Waals surface area contributed by atoms with Crippen LogP contribution in [0.25, 0.3) is 0 Å². The number of ketones is 1. The van der Waals surface area contributed by atoms with Gasteiger partial charge in [0.1, 0.15) is 5.56 Å². The van der Waals surface area contributed by atoms with Crippen LogP contribution in [0.15, 0.2) is 36.4 Å². The first-order valence-electron chi connectivity index (χ1n) is 8.13. The maximum Gasteiger partial charge on any atom is 0.345 e. The quantitative estimate of drug-likeness (QED) is 0.309. The molecule has 0 saturated heterocycles. The van der Waals surface area contributed by atoms with Gasteiger partial charge in [0.25, 0.3) is 5.69 Å². The molecule has 6 nitrogen and oxygen atoms in total.